The average molecular weight is 326 g/mol. The molecule has 2 aromatic heterocycles. The summed E-state index contributed by atoms with van der Waals surface area (Å²) in [5.74, 6) is 4.21. The molecule has 1 saturated carbocycles. The highest BCUT2D eigenvalue weighted by Crippen LogP contribution is 2.35. The van der Waals surface area contributed by atoms with Crippen LogP contribution in [0.2, 0.25) is 0 Å². The molecule has 4 rings (SSSR count). The molecule has 0 saturated heterocycles. The Labute approximate surface area is 138 Å². The Hall–Kier alpha value is -2.15. The molecule has 118 valence electrons. The molecule has 1 aliphatic carbocycles. The van der Waals surface area contributed by atoms with Crippen LogP contribution in [0.5, 0.6) is 0 Å². The Morgan fingerprint density at radius 1 is 1.22 bits per heavy atom. The second kappa shape index (κ2) is 6.16. The molecule has 0 aliphatic heterocycles. The molecule has 0 amide bonds. The van der Waals surface area contributed by atoms with Crippen LogP contribution in [0.1, 0.15) is 36.8 Å². The van der Waals surface area contributed by atoms with Gasteiger partial charge in [-0.05, 0) is 12.8 Å². The molecule has 0 bridgehead atoms. The van der Waals surface area contributed by atoms with Gasteiger partial charge in [0.25, 0.3) is 0 Å². The van der Waals surface area contributed by atoms with Gasteiger partial charge in [-0.2, -0.15) is 0 Å². The summed E-state index contributed by atoms with van der Waals surface area (Å²) in [6.45, 7) is 0. The van der Waals surface area contributed by atoms with E-state index in [1.807, 2.05) is 30.3 Å². The first kappa shape index (κ1) is 14.4. The quantitative estimate of drug-likeness (QED) is 0.729. The Kier molecular flexibility index (Phi) is 3.87. The fraction of sp³-hybridized carbons (Fsp3) is 0.375. The van der Waals surface area contributed by atoms with Gasteiger partial charge in [0, 0.05) is 18.5 Å². The number of H-pyrrole nitrogens is 1. The van der Waals surface area contributed by atoms with E-state index in [1.165, 1.54) is 19.3 Å². The van der Waals surface area contributed by atoms with E-state index in [2.05, 4.69) is 37.0 Å². The van der Waals surface area contributed by atoms with Crippen LogP contribution in [-0.2, 0) is 12.8 Å². The third-order valence-corrected chi connectivity index (χ3v) is 5.15. The molecule has 7 heteroatoms. The van der Waals surface area contributed by atoms with Gasteiger partial charge in [-0.3, -0.25) is 5.10 Å². The van der Waals surface area contributed by atoms with Crippen LogP contribution in [0.3, 0.4) is 0 Å². The number of thioether (sulfide) groups is 1. The zero-order chi connectivity index (χ0) is 15.6. The largest absolute Gasteiger partial charge is 0.317 e. The van der Waals surface area contributed by atoms with E-state index in [0.29, 0.717) is 5.92 Å². The topological polar surface area (TPSA) is 72.3 Å². The van der Waals surface area contributed by atoms with Gasteiger partial charge in [-0.15, -0.1) is 15.3 Å². The van der Waals surface area contributed by atoms with Gasteiger partial charge in [0.15, 0.2) is 5.82 Å². The van der Waals surface area contributed by atoms with Crippen molar-refractivity contribution in [3.63, 3.8) is 0 Å². The molecule has 1 aliphatic rings. The third kappa shape index (κ3) is 2.88. The van der Waals surface area contributed by atoms with E-state index in [9.17, 15) is 0 Å². The summed E-state index contributed by atoms with van der Waals surface area (Å²) < 4.78 is 2.13. The number of nitrogens with one attached hydrogen (secondary N) is 1. The number of benzene rings is 1. The lowest BCUT2D eigenvalue weighted by molar-refractivity contribution is 0.391. The van der Waals surface area contributed by atoms with Crippen molar-refractivity contribution in [2.45, 2.75) is 36.1 Å². The summed E-state index contributed by atoms with van der Waals surface area (Å²) in [5, 5.41) is 16.7. The van der Waals surface area contributed by atoms with Crippen LogP contribution < -0.4 is 0 Å². The lowest BCUT2D eigenvalue weighted by atomic mass is 9.85. The van der Waals surface area contributed by atoms with E-state index in [0.717, 1.165) is 33.9 Å². The summed E-state index contributed by atoms with van der Waals surface area (Å²) >= 11 is 1.58. The molecule has 2 heterocycles. The normalized spacial score (nSPS) is 14.8. The van der Waals surface area contributed by atoms with E-state index in [4.69, 9.17) is 0 Å². The second-order valence-electron chi connectivity index (χ2n) is 5.78. The highest BCUT2D eigenvalue weighted by Gasteiger charge is 2.25. The number of nitrogens with zero attached hydrogens (tertiary/aromatic N) is 5. The van der Waals surface area contributed by atoms with Crippen molar-refractivity contribution in [1.29, 1.82) is 0 Å². The van der Waals surface area contributed by atoms with Crippen molar-refractivity contribution in [2.75, 3.05) is 0 Å². The standard InChI is InChI=1S/C16H18N6S/c1-22-13(18-20-15(22)12-8-5-9-12)10-23-16-17-14(19-21-16)11-6-3-2-4-7-11/h2-4,6-7,12H,5,8-10H2,1H3,(H,17,19,21). The maximum Gasteiger partial charge on any atom is 0.209 e. The molecule has 0 atom stereocenters. The van der Waals surface area contributed by atoms with E-state index >= 15 is 0 Å². The number of hydrogen-bond acceptors (Lipinski definition) is 5. The first-order valence-electron chi connectivity index (χ1n) is 7.80. The molecule has 1 aromatic carbocycles. The smallest absolute Gasteiger partial charge is 0.209 e. The zero-order valence-electron chi connectivity index (χ0n) is 12.9. The number of aromatic amines is 1. The van der Waals surface area contributed by atoms with Crippen molar-refractivity contribution in [2.24, 2.45) is 7.05 Å². The molecule has 1 N–H and O–H groups in total. The minimum Gasteiger partial charge on any atom is -0.317 e. The Morgan fingerprint density at radius 2 is 2.04 bits per heavy atom. The van der Waals surface area contributed by atoms with Gasteiger partial charge in [0.05, 0.1) is 5.75 Å². The Balaban J connectivity index is 1.43. The van der Waals surface area contributed by atoms with Crippen LogP contribution in [0.25, 0.3) is 11.4 Å². The van der Waals surface area contributed by atoms with Gasteiger partial charge >= 0.3 is 0 Å². The summed E-state index contributed by atoms with van der Waals surface area (Å²) in [5.41, 5.74) is 1.04. The SMILES string of the molecule is Cn1c(CSc2n[nH]c(-c3ccccc3)n2)nnc1C1CCC1. The molecule has 1 fully saturated rings. The molecule has 0 radical (unpaired) electrons. The fourth-order valence-corrected chi connectivity index (χ4v) is 3.46. The maximum absolute atomic E-state index is 4.53. The molecule has 23 heavy (non-hydrogen) atoms. The molecular formula is C16H18N6S. The molecular weight excluding hydrogens is 308 g/mol. The second-order valence-corrected chi connectivity index (χ2v) is 6.73. The Morgan fingerprint density at radius 3 is 2.78 bits per heavy atom. The van der Waals surface area contributed by atoms with Gasteiger partial charge in [0.2, 0.25) is 5.16 Å². The summed E-state index contributed by atoms with van der Waals surface area (Å²) in [4.78, 5) is 4.53. The zero-order valence-corrected chi connectivity index (χ0v) is 13.8. The lowest BCUT2D eigenvalue weighted by Gasteiger charge is -2.24. The lowest BCUT2D eigenvalue weighted by Crippen LogP contribution is -2.14. The van der Waals surface area contributed by atoms with Crippen molar-refractivity contribution in [1.82, 2.24) is 29.9 Å². The minimum atomic E-state index is 0.597. The van der Waals surface area contributed by atoms with Gasteiger partial charge < -0.3 is 4.57 Å². The summed E-state index contributed by atoms with van der Waals surface area (Å²) in [6.07, 6.45) is 3.78. The molecule has 0 unspecified atom stereocenters. The highest BCUT2D eigenvalue weighted by molar-refractivity contribution is 7.98. The van der Waals surface area contributed by atoms with Crippen molar-refractivity contribution in [3.8, 4) is 11.4 Å². The minimum absolute atomic E-state index is 0.597. The molecule has 3 aromatic rings. The number of aromatic nitrogens is 6. The number of rotatable bonds is 5. The Bertz CT molecular complexity index is 790. The van der Waals surface area contributed by atoms with Crippen LogP contribution >= 0.6 is 11.8 Å². The fourth-order valence-electron chi connectivity index (χ4n) is 2.69. The van der Waals surface area contributed by atoms with Gasteiger partial charge in [-0.25, -0.2) is 4.98 Å². The monoisotopic (exact) mass is 326 g/mol. The van der Waals surface area contributed by atoms with E-state index in [1.54, 1.807) is 11.8 Å². The summed E-state index contributed by atoms with van der Waals surface area (Å²) in [6, 6.07) is 10.0. The van der Waals surface area contributed by atoms with Crippen LogP contribution in [-0.4, -0.2) is 29.9 Å². The van der Waals surface area contributed by atoms with Crippen molar-refractivity contribution >= 4 is 11.8 Å². The number of hydrogen-bond donors (Lipinski definition) is 1. The van der Waals surface area contributed by atoms with Crippen LogP contribution in [0.4, 0.5) is 0 Å². The van der Waals surface area contributed by atoms with Gasteiger partial charge in [-0.1, -0.05) is 48.5 Å². The predicted molar refractivity (Wildman–Crippen MR) is 89.0 cm³/mol. The average Bonchev–Trinajstić information content (AvgIpc) is 3.13. The van der Waals surface area contributed by atoms with Gasteiger partial charge in [0.1, 0.15) is 11.6 Å². The maximum atomic E-state index is 4.53. The van der Waals surface area contributed by atoms with Crippen LogP contribution in [0, 0.1) is 0 Å². The summed E-state index contributed by atoms with van der Waals surface area (Å²) in [7, 11) is 2.05. The predicted octanol–water partition coefficient (Wildman–Crippen LogP) is 3.16. The third-order valence-electron chi connectivity index (χ3n) is 4.31. The van der Waals surface area contributed by atoms with Crippen molar-refractivity contribution < 1.29 is 0 Å². The first-order chi connectivity index (χ1) is 11.3. The van der Waals surface area contributed by atoms with Crippen LogP contribution in [0.15, 0.2) is 35.5 Å². The molecule has 0 spiro atoms. The first-order valence-corrected chi connectivity index (χ1v) is 8.78. The highest BCUT2D eigenvalue weighted by atomic mass is 32.2. The van der Waals surface area contributed by atoms with E-state index in [-0.39, 0.29) is 0 Å². The van der Waals surface area contributed by atoms with E-state index < -0.39 is 0 Å². The van der Waals surface area contributed by atoms with Crippen molar-refractivity contribution in [3.05, 3.63) is 42.0 Å². The molecule has 6 nitrogen and oxygen atoms in total.